The van der Waals surface area contributed by atoms with Gasteiger partial charge >= 0.3 is 10.2 Å². The zero-order valence-electron chi connectivity index (χ0n) is 20.6. The standard InChI is InChI=1S/C24H34FN3O5S2/c1-19(2)17-28(35(31,32)26(3)18-20-5-7-21(25)8-6-20)22-9-11-23(12-10-22)33-24-13-15-27(16-14-24)34(4,29)30/h5-12,19,24H,13-18H2,1-4H3. The number of sulfonamides is 1. The monoisotopic (exact) mass is 527 g/mol. The fourth-order valence-corrected chi connectivity index (χ4v) is 6.32. The lowest BCUT2D eigenvalue weighted by atomic mass is 10.1. The van der Waals surface area contributed by atoms with Crippen LogP contribution in [0.15, 0.2) is 48.5 Å². The summed E-state index contributed by atoms with van der Waals surface area (Å²) in [5, 5.41) is 0. The Morgan fingerprint density at radius 2 is 1.57 bits per heavy atom. The molecule has 2 aromatic carbocycles. The van der Waals surface area contributed by atoms with Crippen LogP contribution in [0.3, 0.4) is 0 Å². The van der Waals surface area contributed by atoms with Crippen LogP contribution >= 0.6 is 0 Å². The van der Waals surface area contributed by atoms with Crippen LogP contribution in [0, 0.1) is 11.7 Å². The molecule has 194 valence electrons. The van der Waals surface area contributed by atoms with Gasteiger partial charge in [-0.1, -0.05) is 26.0 Å². The third kappa shape index (κ3) is 7.39. The Morgan fingerprint density at radius 1 is 1.00 bits per heavy atom. The summed E-state index contributed by atoms with van der Waals surface area (Å²) in [6, 6.07) is 12.7. The first-order valence-electron chi connectivity index (χ1n) is 11.6. The molecule has 2 aromatic rings. The number of halogens is 1. The normalized spacial score (nSPS) is 16.1. The summed E-state index contributed by atoms with van der Waals surface area (Å²) < 4.78 is 73.6. The molecule has 0 spiro atoms. The minimum Gasteiger partial charge on any atom is -0.490 e. The average molecular weight is 528 g/mol. The Hall–Kier alpha value is -2.21. The number of benzene rings is 2. The van der Waals surface area contributed by atoms with E-state index in [-0.39, 0.29) is 24.4 Å². The molecule has 1 saturated heterocycles. The van der Waals surface area contributed by atoms with Crippen LogP contribution in [0.1, 0.15) is 32.3 Å². The van der Waals surface area contributed by atoms with E-state index >= 15 is 0 Å². The maximum atomic E-state index is 13.4. The third-order valence-corrected chi connectivity index (χ3v) is 8.96. The van der Waals surface area contributed by atoms with E-state index < -0.39 is 20.2 Å². The Labute approximate surface area is 208 Å². The first kappa shape index (κ1) is 27.4. The zero-order valence-corrected chi connectivity index (χ0v) is 22.2. The van der Waals surface area contributed by atoms with Gasteiger partial charge in [0.15, 0.2) is 0 Å². The van der Waals surface area contributed by atoms with E-state index in [0.717, 1.165) is 0 Å². The summed E-state index contributed by atoms with van der Waals surface area (Å²) in [6.45, 7) is 5.14. The van der Waals surface area contributed by atoms with E-state index in [0.29, 0.717) is 49.5 Å². The third-order valence-electron chi connectivity index (χ3n) is 5.82. The molecule has 11 heteroatoms. The second kappa shape index (κ2) is 11.2. The minimum absolute atomic E-state index is 0.0833. The highest BCUT2D eigenvalue weighted by Crippen LogP contribution is 2.27. The van der Waals surface area contributed by atoms with Gasteiger partial charge in [0.25, 0.3) is 0 Å². The number of hydrogen-bond acceptors (Lipinski definition) is 5. The van der Waals surface area contributed by atoms with Crippen LogP contribution in [0.25, 0.3) is 0 Å². The molecule has 0 saturated carbocycles. The predicted molar refractivity (Wildman–Crippen MR) is 135 cm³/mol. The summed E-state index contributed by atoms with van der Waals surface area (Å²) >= 11 is 0. The highest BCUT2D eigenvalue weighted by molar-refractivity contribution is 7.90. The van der Waals surface area contributed by atoms with Crippen molar-refractivity contribution in [2.24, 2.45) is 5.92 Å². The van der Waals surface area contributed by atoms with E-state index in [1.54, 1.807) is 36.4 Å². The van der Waals surface area contributed by atoms with E-state index in [1.165, 1.54) is 38.4 Å². The van der Waals surface area contributed by atoms with Gasteiger partial charge in [-0.3, -0.25) is 4.31 Å². The van der Waals surface area contributed by atoms with Crippen molar-refractivity contribution in [3.05, 3.63) is 59.9 Å². The fraction of sp³-hybridized carbons (Fsp3) is 0.500. The largest absolute Gasteiger partial charge is 0.490 e. The molecule has 1 aliphatic rings. The topological polar surface area (TPSA) is 87.2 Å². The molecule has 0 bridgehead atoms. The highest BCUT2D eigenvalue weighted by Gasteiger charge is 2.29. The number of anilines is 1. The molecule has 3 rings (SSSR count). The second-order valence-corrected chi connectivity index (χ2v) is 13.2. The minimum atomic E-state index is -3.85. The molecule has 1 fully saturated rings. The first-order valence-corrected chi connectivity index (χ1v) is 14.8. The Morgan fingerprint density at radius 3 is 2.09 bits per heavy atom. The van der Waals surface area contributed by atoms with Gasteiger partial charge in [0.1, 0.15) is 17.7 Å². The van der Waals surface area contributed by atoms with Gasteiger partial charge in [0.2, 0.25) is 10.0 Å². The van der Waals surface area contributed by atoms with Crippen molar-refractivity contribution in [1.82, 2.24) is 8.61 Å². The van der Waals surface area contributed by atoms with Gasteiger partial charge < -0.3 is 4.74 Å². The van der Waals surface area contributed by atoms with Crippen molar-refractivity contribution in [3.63, 3.8) is 0 Å². The molecule has 0 aliphatic carbocycles. The van der Waals surface area contributed by atoms with Gasteiger partial charge in [-0.25, -0.2) is 17.1 Å². The van der Waals surface area contributed by atoms with Crippen molar-refractivity contribution < 1.29 is 26.0 Å². The molecular weight excluding hydrogens is 493 g/mol. The van der Waals surface area contributed by atoms with Crippen molar-refractivity contribution >= 4 is 25.9 Å². The predicted octanol–water partition coefficient (Wildman–Crippen LogP) is 3.47. The van der Waals surface area contributed by atoms with E-state index in [4.69, 9.17) is 4.74 Å². The molecule has 8 nitrogen and oxygen atoms in total. The van der Waals surface area contributed by atoms with Crippen molar-refractivity contribution in [2.75, 3.05) is 37.2 Å². The number of nitrogens with zero attached hydrogens (tertiary/aromatic N) is 3. The van der Waals surface area contributed by atoms with E-state index in [9.17, 15) is 21.2 Å². The average Bonchev–Trinajstić information content (AvgIpc) is 2.79. The molecule has 0 unspecified atom stereocenters. The maximum Gasteiger partial charge on any atom is 0.304 e. The van der Waals surface area contributed by atoms with Crippen molar-refractivity contribution in [3.8, 4) is 5.75 Å². The lowest BCUT2D eigenvalue weighted by molar-refractivity contribution is 0.135. The van der Waals surface area contributed by atoms with Crippen LogP contribution in [0.2, 0.25) is 0 Å². The molecule has 0 amide bonds. The lowest BCUT2D eigenvalue weighted by Crippen LogP contribution is -2.43. The Balaban J connectivity index is 1.71. The Bertz CT molecular complexity index is 1180. The van der Waals surface area contributed by atoms with Crippen LogP contribution < -0.4 is 9.04 Å². The van der Waals surface area contributed by atoms with Crippen LogP contribution in [0.4, 0.5) is 10.1 Å². The Kier molecular flexibility index (Phi) is 8.79. The second-order valence-electron chi connectivity index (χ2n) is 9.29. The van der Waals surface area contributed by atoms with Gasteiger partial charge in [0, 0.05) is 33.2 Å². The molecule has 1 heterocycles. The first-order chi connectivity index (χ1) is 16.4. The van der Waals surface area contributed by atoms with Crippen molar-refractivity contribution in [2.45, 2.75) is 39.3 Å². The quantitative estimate of drug-likeness (QED) is 0.472. The molecule has 35 heavy (non-hydrogen) atoms. The summed E-state index contributed by atoms with van der Waals surface area (Å²) in [5.41, 5.74) is 1.21. The molecule has 0 aromatic heterocycles. The molecule has 1 aliphatic heterocycles. The highest BCUT2D eigenvalue weighted by atomic mass is 32.2. The fourth-order valence-electron chi connectivity index (χ4n) is 3.93. The summed E-state index contributed by atoms with van der Waals surface area (Å²) in [4.78, 5) is 0. The number of rotatable bonds is 10. The molecule has 0 radical (unpaired) electrons. The number of hydrogen-bond donors (Lipinski definition) is 0. The molecule has 0 N–H and O–H groups in total. The van der Waals surface area contributed by atoms with E-state index in [1.807, 2.05) is 13.8 Å². The molecular formula is C24H34FN3O5S2. The SMILES string of the molecule is CC(C)CN(c1ccc(OC2CCN(S(C)(=O)=O)CC2)cc1)S(=O)(=O)N(C)Cc1ccc(F)cc1. The van der Waals surface area contributed by atoms with Gasteiger partial charge in [-0.15, -0.1) is 0 Å². The maximum absolute atomic E-state index is 13.4. The number of piperidine rings is 1. The van der Waals surface area contributed by atoms with Gasteiger partial charge in [-0.05, 0) is 60.7 Å². The van der Waals surface area contributed by atoms with E-state index in [2.05, 4.69) is 0 Å². The smallest absolute Gasteiger partial charge is 0.304 e. The van der Waals surface area contributed by atoms with Gasteiger partial charge in [-0.2, -0.15) is 12.7 Å². The zero-order chi connectivity index (χ0) is 25.8. The molecule has 0 atom stereocenters. The van der Waals surface area contributed by atoms with Crippen LogP contribution in [0.5, 0.6) is 5.75 Å². The van der Waals surface area contributed by atoms with Crippen LogP contribution in [-0.2, 0) is 26.8 Å². The van der Waals surface area contributed by atoms with Crippen LogP contribution in [-0.4, -0.2) is 64.5 Å². The summed E-state index contributed by atoms with van der Waals surface area (Å²) in [6.07, 6.45) is 2.30. The summed E-state index contributed by atoms with van der Waals surface area (Å²) in [7, 11) is -5.54. The summed E-state index contributed by atoms with van der Waals surface area (Å²) in [5.74, 6) is 0.317. The lowest BCUT2D eigenvalue weighted by Gasteiger charge is -2.31. The van der Waals surface area contributed by atoms with Gasteiger partial charge in [0.05, 0.1) is 11.9 Å². The van der Waals surface area contributed by atoms with Crippen molar-refractivity contribution in [1.29, 1.82) is 0 Å². The number of ether oxygens (including phenoxy) is 1.